The molecule has 2 aliphatic heterocycles. The second-order valence-corrected chi connectivity index (χ2v) is 10.3. The molecule has 0 spiro atoms. The normalized spacial score (nSPS) is 20.7. The fourth-order valence-electron chi connectivity index (χ4n) is 3.10. The summed E-state index contributed by atoms with van der Waals surface area (Å²) in [4.78, 5) is 42.8. The van der Waals surface area contributed by atoms with Crippen LogP contribution in [0, 0.1) is 0 Å². The summed E-state index contributed by atoms with van der Waals surface area (Å²) in [5.74, 6) is -1.87. The number of nitrogens with one attached hydrogen (secondary N) is 2. The summed E-state index contributed by atoms with van der Waals surface area (Å²) in [5.41, 5.74) is 5.72. The van der Waals surface area contributed by atoms with Gasteiger partial charge in [0.25, 0.3) is 11.8 Å². The van der Waals surface area contributed by atoms with Crippen LogP contribution >= 0.6 is 46.5 Å². The molecule has 2 aromatic heterocycles. The van der Waals surface area contributed by atoms with Crippen molar-refractivity contribution in [3.05, 3.63) is 38.6 Å². The Hall–Kier alpha value is -2.75. The molecule has 12 nitrogen and oxygen atoms in total. The first kappa shape index (κ1) is 22.4. The van der Waals surface area contributed by atoms with Gasteiger partial charge < -0.3 is 21.4 Å². The molecule has 1 saturated heterocycles. The Bertz CT molecular complexity index is 1150. The predicted molar refractivity (Wildman–Crippen MR) is 119 cm³/mol. The Morgan fingerprint density at radius 2 is 2.28 bits per heavy atom. The molecule has 4 rings (SSSR count). The van der Waals surface area contributed by atoms with Gasteiger partial charge in [0.1, 0.15) is 27.1 Å². The maximum Gasteiger partial charge on any atom is 0.353 e. The Morgan fingerprint density at radius 3 is 2.88 bits per heavy atom. The smallest absolute Gasteiger partial charge is 0.353 e. The van der Waals surface area contributed by atoms with Crippen LogP contribution in [0.15, 0.2) is 28.2 Å². The SMILES string of the molecule is Nc1nc(/C(=N/O)C(=O)N[C@@H]2C(=O)N3C(C(=O)O)=C(SCc4cn[nH]c4)CS[C@H]23)c(Cl)s1. The lowest BCUT2D eigenvalue weighted by molar-refractivity contribution is -0.150. The van der Waals surface area contributed by atoms with Crippen molar-refractivity contribution in [3.63, 3.8) is 0 Å². The Morgan fingerprint density at radius 1 is 1.50 bits per heavy atom. The van der Waals surface area contributed by atoms with Crippen LogP contribution in [0.25, 0.3) is 0 Å². The van der Waals surface area contributed by atoms with Gasteiger partial charge in [0, 0.05) is 28.2 Å². The van der Waals surface area contributed by atoms with Crippen molar-refractivity contribution < 1.29 is 24.7 Å². The Balaban J connectivity index is 1.49. The highest BCUT2D eigenvalue weighted by molar-refractivity contribution is 8.05. The molecule has 0 aliphatic carbocycles. The maximum absolute atomic E-state index is 12.8. The number of hydrogen-bond acceptors (Lipinski definition) is 11. The van der Waals surface area contributed by atoms with Gasteiger partial charge in [0.05, 0.1) is 6.20 Å². The molecule has 168 valence electrons. The fourth-order valence-corrected chi connectivity index (χ4v) is 6.58. The average Bonchev–Trinajstić information content (AvgIpc) is 3.39. The van der Waals surface area contributed by atoms with Gasteiger partial charge >= 0.3 is 5.97 Å². The lowest BCUT2D eigenvalue weighted by Gasteiger charge is -2.49. The number of nitrogens with zero attached hydrogens (tertiary/aromatic N) is 4. The Kier molecular flexibility index (Phi) is 6.32. The first-order valence-electron chi connectivity index (χ1n) is 8.78. The van der Waals surface area contributed by atoms with Gasteiger partial charge in [0.2, 0.25) is 0 Å². The number of carbonyl (C=O) groups is 3. The van der Waals surface area contributed by atoms with Gasteiger partial charge in [-0.2, -0.15) is 5.10 Å². The molecule has 4 heterocycles. The van der Waals surface area contributed by atoms with Gasteiger partial charge in [0.15, 0.2) is 10.8 Å². The number of fused-ring (bicyclic) bond motifs is 1. The molecular formula is C16H14ClN7O5S3. The minimum absolute atomic E-state index is 0.0504. The number of thioether (sulfide) groups is 2. The summed E-state index contributed by atoms with van der Waals surface area (Å²) in [6.07, 6.45) is 3.34. The van der Waals surface area contributed by atoms with Gasteiger partial charge in [-0.15, -0.1) is 23.5 Å². The number of amides is 2. The topological polar surface area (TPSA) is 187 Å². The van der Waals surface area contributed by atoms with E-state index >= 15 is 0 Å². The third-order valence-corrected chi connectivity index (χ3v) is 8.24. The molecule has 0 saturated carbocycles. The van der Waals surface area contributed by atoms with E-state index in [0.29, 0.717) is 16.4 Å². The molecule has 32 heavy (non-hydrogen) atoms. The third-order valence-electron chi connectivity index (χ3n) is 4.53. The van der Waals surface area contributed by atoms with Crippen molar-refractivity contribution in [2.45, 2.75) is 17.2 Å². The number of hydrogen-bond donors (Lipinski definition) is 5. The van der Waals surface area contributed by atoms with Crippen LogP contribution in [0.2, 0.25) is 4.34 Å². The molecule has 0 unspecified atom stereocenters. The number of rotatable bonds is 7. The van der Waals surface area contributed by atoms with Crippen molar-refractivity contribution >= 4 is 75.1 Å². The van der Waals surface area contributed by atoms with Crippen molar-refractivity contribution in [1.82, 2.24) is 25.4 Å². The minimum Gasteiger partial charge on any atom is -0.477 e. The molecule has 16 heteroatoms. The van der Waals surface area contributed by atoms with Crippen LogP contribution in [0.1, 0.15) is 11.3 Å². The van der Waals surface area contributed by atoms with Gasteiger partial charge in [-0.25, -0.2) is 9.78 Å². The van der Waals surface area contributed by atoms with E-state index in [1.165, 1.54) is 23.5 Å². The quantitative estimate of drug-likeness (QED) is 0.153. The van der Waals surface area contributed by atoms with E-state index in [1.807, 2.05) is 0 Å². The van der Waals surface area contributed by atoms with Gasteiger partial charge in [-0.1, -0.05) is 28.1 Å². The van der Waals surface area contributed by atoms with Crippen LogP contribution in [0.4, 0.5) is 5.13 Å². The molecule has 1 fully saturated rings. The van der Waals surface area contributed by atoms with E-state index in [1.54, 1.807) is 12.4 Å². The molecule has 2 atom stereocenters. The molecule has 2 aromatic rings. The molecule has 0 radical (unpaired) electrons. The highest BCUT2D eigenvalue weighted by atomic mass is 35.5. The number of carbonyl (C=O) groups excluding carboxylic acids is 2. The van der Waals surface area contributed by atoms with E-state index in [4.69, 9.17) is 17.3 Å². The summed E-state index contributed by atoms with van der Waals surface area (Å²) in [6.45, 7) is 0. The average molecular weight is 516 g/mol. The van der Waals surface area contributed by atoms with Crippen LogP contribution in [-0.4, -0.2) is 71.1 Å². The van der Waals surface area contributed by atoms with Crippen LogP contribution in [0.5, 0.6) is 0 Å². The Labute approximate surface area is 197 Å². The first-order valence-corrected chi connectivity index (χ1v) is 12.0. The van der Waals surface area contributed by atoms with Crippen LogP contribution in [0.3, 0.4) is 0 Å². The summed E-state index contributed by atoms with van der Waals surface area (Å²) in [6, 6.07) is -1.01. The highest BCUT2D eigenvalue weighted by Crippen LogP contribution is 2.44. The largest absolute Gasteiger partial charge is 0.477 e. The van der Waals surface area contributed by atoms with Gasteiger partial charge in [-0.05, 0) is 0 Å². The summed E-state index contributed by atoms with van der Waals surface area (Å²) >= 11 is 9.49. The number of aromatic nitrogens is 3. The van der Waals surface area contributed by atoms with Crippen molar-refractivity contribution in [2.75, 3.05) is 11.5 Å². The number of nitrogen functional groups attached to an aromatic ring is 1. The fraction of sp³-hybridized carbons (Fsp3) is 0.250. The highest BCUT2D eigenvalue weighted by Gasteiger charge is 2.54. The zero-order valence-electron chi connectivity index (χ0n) is 15.8. The number of aromatic amines is 1. The van der Waals surface area contributed by atoms with Gasteiger partial charge in [-0.3, -0.25) is 19.6 Å². The number of carboxylic acid groups (broad SMARTS) is 1. The standard InChI is InChI=1S/C16H14ClN7O5S3/c17-11-7(22-16(18)32-11)8(23-29)12(25)21-9-13(26)24-10(15(27)28)6(4-31-14(9)24)30-3-5-1-19-20-2-5/h1-2,9,14,29H,3-4H2,(H2,18,22)(H,19,20)(H,21,25)(H,27,28)/b23-8-/t9-,14-/m1/s1. The number of aliphatic carboxylic acids is 1. The van der Waals surface area contributed by atoms with Crippen molar-refractivity contribution in [1.29, 1.82) is 0 Å². The molecule has 2 aliphatic rings. The maximum atomic E-state index is 12.8. The minimum atomic E-state index is -1.23. The first-order chi connectivity index (χ1) is 15.3. The number of thiazole rings is 1. The second kappa shape index (κ2) is 9.01. The van der Waals surface area contributed by atoms with Crippen molar-refractivity contribution in [3.8, 4) is 0 Å². The van der Waals surface area contributed by atoms with E-state index < -0.39 is 34.9 Å². The molecule has 0 bridgehead atoms. The zero-order chi connectivity index (χ0) is 23.0. The lowest BCUT2D eigenvalue weighted by atomic mass is 10.0. The van der Waals surface area contributed by atoms with Crippen LogP contribution < -0.4 is 11.1 Å². The molecule has 6 N–H and O–H groups in total. The number of anilines is 1. The van der Waals surface area contributed by atoms with E-state index in [9.17, 15) is 24.7 Å². The molecule has 2 amide bonds. The number of β-lactam (4-membered cyclic amide) rings is 1. The van der Waals surface area contributed by atoms with E-state index in [0.717, 1.165) is 21.8 Å². The second-order valence-electron chi connectivity index (χ2n) is 6.46. The number of halogens is 1. The summed E-state index contributed by atoms with van der Waals surface area (Å²) in [7, 11) is 0. The molecule has 0 aromatic carbocycles. The van der Waals surface area contributed by atoms with Crippen molar-refractivity contribution in [2.24, 2.45) is 5.16 Å². The lowest BCUT2D eigenvalue weighted by Crippen LogP contribution is -2.71. The van der Waals surface area contributed by atoms with Crippen LogP contribution in [-0.2, 0) is 20.1 Å². The molecular weight excluding hydrogens is 502 g/mol. The van der Waals surface area contributed by atoms with E-state index in [2.05, 4.69) is 25.7 Å². The summed E-state index contributed by atoms with van der Waals surface area (Å²) in [5, 5.41) is 30.4. The summed E-state index contributed by atoms with van der Waals surface area (Å²) < 4.78 is 0.0504. The number of oxime groups is 1. The number of carboxylic acids is 1. The number of H-pyrrole nitrogens is 1. The zero-order valence-corrected chi connectivity index (χ0v) is 19.0. The predicted octanol–water partition coefficient (Wildman–Crippen LogP) is 0.910. The third kappa shape index (κ3) is 4.03. The van der Waals surface area contributed by atoms with E-state index in [-0.39, 0.29) is 20.9 Å². The monoisotopic (exact) mass is 515 g/mol. The number of nitrogens with two attached hydrogens (primary N) is 1.